The number of aliphatic hydroxyl groups excluding tert-OH is 1. The van der Waals surface area contributed by atoms with E-state index in [0.717, 1.165) is 11.1 Å². The van der Waals surface area contributed by atoms with E-state index in [1.807, 2.05) is 19.9 Å². The van der Waals surface area contributed by atoms with Gasteiger partial charge in [0.2, 0.25) is 6.79 Å². The number of ether oxygens (including phenoxy) is 8. The van der Waals surface area contributed by atoms with Crippen molar-refractivity contribution in [2.45, 2.75) is 57.4 Å². The lowest BCUT2D eigenvalue weighted by atomic mass is 9.76. The molecule has 2 aromatic rings. The Morgan fingerprint density at radius 1 is 1.10 bits per heavy atom. The molecule has 14 heteroatoms. The predicted molar refractivity (Wildman–Crippen MR) is 178 cm³/mol. The molecule has 1 fully saturated rings. The van der Waals surface area contributed by atoms with Gasteiger partial charge in [-0.15, -0.1) is 0 Å². The standard InChI is InChI=1S/C36H43N3O11/c1-8-10-45-35-30-23(12-20(3)32(35)44-7)13-25-26(15-37)38(27(16-40)31(30)39(25)36(42)46-11-9-2)28(17-47-22(5)41)24-14-29(48-18-43-6)21(4)33-34(24)50-19-49-33/h8-9,12,14,25-28,31,40H,1-2,10-11,13,16-19H2,3-7H3/t25-,26-,27-,28-,31-/m0/s1. The Labute approximate surface area is 291 Å². The van der Waals surface area contributed by atoms with Crippen LogP contribution in [0.3, 0.4) is 0 Å². The molecule has 0 saturated carbocycles. The molecule has 50 heavy (non-hydrogen) atoms. The van der Waals surface area contributed by atoms with Crippen molar-refractivity contribution in [1.29, 1.82) is 5.26 Å². The molecule has 2 aromatic carbocycles. The summed E-state index contributed by atoms with van der Waals surface area (Å²) in [7, 11) is 3.02. The third kappa shape index (κ3) is 6.51. The van der Waals surface area contributed by atoms with Gasteiger partial charge in [-0.25, -0.2) is 4.79 Å². The van der Waals surface area contributed by atoms with Crippen LogP contribution in [-0.4, -0.2) is 99.3 Å². The largest absolute Gasteiger partial charge is 0.493 e. The number of aryl methyl sites for hydroxylation is 1. The number of esters is 1. The zero-order valence-corrected chi connectivity index (χ0v) is 28.9. The smallest absolute Gasteiger partial charge is 0.411 e. The lowest BCUT2D eigenvalue weighted by molar-refractivity contribution is -0.146. The highest BCUT2D eigenvalue weighted by Gasteiger charge is 2.57. The van der Waals surface area contributed by atoms with Gasteiger partial charge in [-0.3, -0.25) is 14.6 Å². The Kier molecular flexibility index (Phi) is 11.4. The molecular formula is C36H43N3O11. The average Bonchev–Trinajstić information content (AvgIpc) is 3.60. The fourth-order valence-electron chi connectivity index (χ4n) is 7.24. The lowest BCUT2D eigenvalue weighted by Crippen LogP contribution is -2.69. The molecule has 0 radical (unpaired) electrons. The zero-order valence-electron chi connectivity index (χ0n) is 28.9. The highest BCUT2D eigenvalue weighted by molar-refractivity contribution is 5.72. The van der Waals surface area contributed by atoms with Crippen molar-refractivity contribution in [1.82, 2.24) is 9.80 Å². The number of methoxy groups -OCH3 is 2. The van der Waals surface area contributed by atoms with Gasteiger partial charge in [0.15, 0.2) is 29.8 Å². The van der Waals surface area contributed by atoms with Crippen LogP contribution in [0.2, 0.25) is 0 Å². The molecule has 3 aliphatic rings. The number of aliphatic hydroxyl groups is 1. The maximum absolute atomic E-state index is 14.0. The van der Waals surface area contributed by atoms with Crippen molar-refractivity contribution in [2.24, 2.45) is 0 Å². The second-order valence-corrected chi connectivity index (χ2v) is 12.0. The predicted octanol–water partition coefficient (Wildman–Crippen LogP) is 4.05. The van der Waals surface area contributed by atoms with Crippen LogP contribution in [0.25, 0.3) is 0 Å². The number of fused-ring (bicyclic) bond motifs is 5. The minimum absolute atomic E-state index is 0.0597. The van der Waals surface area contributed by atoms with Gasteiger partial charge in [0.25, 0.3) is 0 Å². The van der Waals surface area contributed by atoms with Gasteiger partial charge in [-0.1, -0.05) is 31.4 Å². The van der Waals surface area contributed by atoms with Crippen LogP contribution in [0.15, 0.2) is 37.4 Å². The minimum atomic E-state index is -1.05. The van der Waals surface area contributed by atoms with Crippen molar-refractivity contribution < 1.29 is 52.6 Å². The molecular weight excluding hydrogens is 650 g/mol. The third-order valence-corrected chi connectivity index (χ3v) is 9.13. The topological polar surface area (TPSA) is 158 Å². The van der Waals surface area contributed by atoms with Crippen LogP contribution in [-0.2, 0) is 25.4 Å². The summed E-state index contributed by atoms with van der Waals surface area (Å²) in [5.41, 5.74) is 3.35. The van der Waals surface area contributed by atoms with E-state index in [1.54, 1.807) is 17.0 Å². The monoisotopic (exact) mass is 693 g/mol. The van der Waals surface area contributed by atoms with E-state index in [4.69, 9.17) is 37.9 Å². The Bertz CT molecular complexity index is 1670. The van der Waals surface area contributed by atoms with E-state index >= 15 is 0 Å². The van der Waals surface area contributed by atoms with E-state index in [9.17, 15) is 20.0 Å². The maximum Gasteiger partial charge on any atom is 0.411 e. The first-order chi connectivity index (χ1) is 24.2. The first-order valence-corrected chi connectivity index (χ1v) is 16.1. The summed E-state index contributed by atoms with van der Waals surface area (Å²) in [6, 6.07) is 1.47. The van der Waals surface area contributed by atoms with Gasteiger partial charge in [0, 0.05) is 30.7 Å². The molecule has 1 amide bonds. The minimum Gasteiger partial charge on any atom is -0.493 e. The van der Waals surface area contributed by atoms with Crippen molar-refractivity contribution in [3.05, 3.63) is 65.3 Å². The molecule has 2 bridgehead atoms. The summed E-state index contributed by atoms with van der Waals surface area (Å²) in [6.07, 6.45) is 2.58. The number of nitrogens with zero attached hydrogens (tertiary/aromatic N) is 3. The summed E-state index contributed by atoms with van der Waals surface area (Å²) in [5.74, 6) is 1.49. The zero-order chi connectivity index (χ0) is 36.1. The van der Waals surface area contributed by atoms with Crippen molar-refractivity contribution in [3.63, 3.8) is 0 Å². The summed E-state index contributed by atoms with van der Waals surface area (Å²) in [5, 5.41) is 22.3. The molecule has 3 aliphatic heterocycles. The number of amides is 1. The quantitative estimate of drug-likeness (QED) is 0.172. The molecule has 3 heterocycles. The molecule has 5 rings (SSSR count). The third-order valence-electron chi connectivity index (χ3n) is 9.13. The lowest BCUT2D eigenvalue weighted by Gasteiger charge is -2.57. The van der Waals surface area contributed by atoms with Gasteiger partial charge < -0.3 is 43.0 Å². The Hall–Kier alpha value is -4.97. The Morgan fingerprint density at radius 2 is 1.84 bits per heavy atom. The molecule has 1 N–H and O–H groups in total. The number of carbonyl (C=O) groups is 2. The van der Waals surface area contributed by atoms with E-state index in [-0.39, 0.29) is 39.8 Å². The molecule has 0 unspecified atom stereocenters. The molecule has 1 saturated heterocycles. The molecule has 0 spiro atoms. The normalized spacial score (nSPS) is 20.9. The van der Waals surface area contributed by atoms with E-state index in [0.29, 0.717) is 45.4 Å². The molecule has 268 valence electrons. The first-order valence-electron chi connectivity index (χ1n) is 16.1. The van der Waals surface area contributed by atoms with Gasteiger partial charge in [0.1, 0.15) is 31.6 Å². The van der Waals surface area contributed by atoms with Gasteiger partial charge in [0.05, 0.1) is 44.0 Å². The van der Waals surface area contributed by atoms with Crippen LogP contribution >= 0.6 is 0 Å². The number of piperazine rings is 1. The van der Waals surface area contributed by atoms with Crippen molar-refractivity contribution in [3.8, 4) is 34.8 Å². The number of hydrogen-bond donors (Lipinski definition) is 1. The molecule has 0 aromatic heterocycles. The highest BCUT2D eigenvalue weighted by Crippen LogP contribution is 2.54. The van der Waals surface area contributed by atoms with Gasteiger partial charge >= 0.3 is 12.1 Å². The highest BCUT2D eigenvalue weighted by atomic mass is 16.7. The first kappa shape index (κ1) is 36.3. The van der Waals surface area contributed by atoms with Gasteiger partial charge in [-0.2, -0.15) is 5.26 Å². The Morgan fingerprint density at radius 3 is 2.48 bits per heavy atom. The Balaban J connectivity index is 1.78. The van der Waals surface area contributed by atoms with Crippen molar-refractivity contribution >= 4 is 12.1 Å². The van der Waals surface area contributed by atoms with Crippen molar-refractivity contribution in [2.75, 3.05) is 54.2 Å². The van der Waals surface area contributed by atoms with Crippen LogP contribution in [0.5, 0.6) is 28.7 Å². The molecule has 0 aliphatic carbocycles. The fraction of sp³-hybridized carbons (Fsp3) is 0.472. The second kappa shape index (κ2) is 15.7. The summed E-state index contributed by atoms with van der Waals surface area (Å²) in [6.45, 7) is 11.6. The number of nitriles is 1. The van der Waals surface area contributed by atoms with Crippen LogP contribution in [0, 0.1) is 25.2 Å². The second-order valence-electron chi connectivity index (χ2n) is 12.0. The fourth-order valence-corrected chi connectivity index (χ4v) is 7.24. The van der Waals surface area contributed by atoms with E-state index in [1.165, 1.54) is 32.1 Å². The number of carbonyl (C=O) groups excluding carboxylic acids is 2. The summed E-state index contributed by atoms with van der Waals surface area (Å²) >= 11 is 0. The van der Waals surface area contributed by atoms with E-state index in [2.05, 4.69) is 19.2 Å². The number of hydrogen-bond acceptors (Lipinski definition) is 13. The SMILES string of the molecule is C=CCOC(=O)N1[C@@H]2c3c(cc(C)c(OC)c3OCC=C)C[C@H]1[C@H](C#N)N([C@@H](COC(C)=O)c1cc(OCOC)c(C)c3c1OCO3)[C@H]2CO. The van der Waals surface area contributed by atoms with Gasteiger partial charge in [-0.05, 0) is 37.5 Å². The van der Waals surface area contributed by atoms with E-state index < -0.39 is 48.9 Å². The number of rotatable bonds is 14. The summed E-state index contributed by atoms with van der Waals surface area (Å²) in [4.78, 5) is 29.6. The van der Waals surface area contributed by atoms with Crippen LogP contribution in [0.1, 0.15) is 46.8 Å². The summed E-state index contributed by atoms with van der Waals surface area (Å²) < 4.78 is 46.2. The van der Waals surface area contributed by atoms with Crippen LogP contribution < -0.4 is 23.7 Å². The number of benzene rings is 2. The average molecular weight is 694 g/mol. The molecule has 14 nitrogen and oxygen atoms in total. The molecule has 5 atom stereocenters. The maximum atomic E-state index is 14.0. The van der Waals surface area contributed by atoms with Crippen LogP contribution in [0.4, 0.5) is 4.79 Å².